The molecule has 2 atom stereocenters. The lowest BCUT2D eigenvalue weighted by Gasteiger charge is -2.22. The van der Waals surface area contributed by atoms with E-state index in [0.717, 1.165) is 25.7 Å². The number of aliphatic hydroxyl groups excluding tert-OH is 2. The minimum absolute atomic E-state index is 0.0270. The third-order valence-electron chi connectivity index (χ3n) is 13.9. The van der Waals surface area contributed by atoms with Crippen molar-refractivity contribution in [1.82, 2.24) is 5.32 Å². The maximum atomic E-state index is 12.4. The summed E-state index contributed by atoms with van der Waals surface area (Å²) in [6.45, 7) is 4.36. The minimum Gasteiger partial charge on any atom is -0.394 e. The van der Waals surface area contributed by atoms with Gasteiger partial charge in [0.25, 0.3) is 0 Å². The maximum Gasteiger partial charge on any atom is 0.220 e. The van der Waals surface area contributed by atoms with Crippen LogP contribution < -0.4 is 5.32 Å². The Kier molecular flexibility index (Phi) is 53.2. The molecule has 0 spiro atoms. The second-order valence-electron chi connectivity index (χ2n) is 20.1. The van der Waals surface area contributed by atoms with Crippen molar-refractivity contribution in [2.45, 2.75) is 353 Å². The van der Waals surface area contributed by atoms with Gasteiger partial charge in [0.05, 0.1) is 18.8 Å². The Morgan fingerprint density at radius 1 is 0.328 bits per heavy atom. The first-order valence-electron chi connectivity index (χ1n) is 28.7. The molecule has 0 aliphatic rings. The van der Waals surface area contributed by atoms with Gasteiger partial charge in [-0.3, -0.25) is 4.79 Å². The Morgan fingerprint density at radius 2 is 0.525 bits per heavy atom. The van der Waals surface area contributed by atoms with Gasteiger partial charge in [-0.2, -0.15) is 0 Å². The number of hydrogen-bond donors (Lipinski definition) is 3. The molecule has 366 valence electrons. The summed E-state index contributed by atoms with van der Waals surface area (Å²) in [7, 11) is 0. The predicted octanol–water partition coefficient (Wildman–Crippen LogP) is 18.8. The molecular formula is C57H115NO3. The summed E-state index contributed by atoms with van der Waals surface area (Å²) < 4.78 is 0. The summed E-state index contributed by atoms with van der Waals surface area (Å²) in [5, 5.41) is 23.1. The van der Waals surface area contributed by atoms with E-state index in [2.05, 4.69) is 19.2 Å². The molecule has 0 rings (SSSR count). The third kappa shape index (κ3) is 50.3. The van der Waals surface area contributed by atoms with Crippen LogP contribution in [0.25, 0.3) is 0 Å². The highest BCUT2D eigenvalue weighted by atomic mass is 16.3. The van der Waals surface area contributed by atoms with E-state index in [4.69, 9.17) is 0 Å². The van der Waals surface area contributed by atoms with Crippen molar-refractivity contribution in [3.63, 3.8) is 0 Å². The van der Waals surface area contributed by atoms with Crippen LogP contribution in [0.1, 0.15) is 341 Å². The SMILES string of the molecule is CCCCCCCCCCCCCCCCCCCCCCCCCCCCCCCCCCCCCCCCCCCC(=O)NC(CO)C(O)CCCCCCCCCC. The van der Waals surface area contributed by atoms with Gasteiger partial charge in [0, 0.05) is 6.42 Å². The van der Waals surface area contributed by atoms with Crippen LogP contribution in [0.3, 0.4) is 0 Å². The average molecular weight is 863 g/mol. The molecule has 4 heteroatoms. The molecule has 0 aliphatic heterocycles. The second kappa shape index (κ2) is 53.7. The topological polar surface area (TPSA) is 69.6 Å². The fraction of sp³-hybridized carbons (Fsp3) is 0.982. The molecule has 0 heterocycles. The molecule has 0 saturated carbocycles. The first kappa shape index (κ1) is 60.4. The van der Waals surface area contributed by atoms with Crippen molar-refractivity contribution in [1.29, 1.82) is 0 Å². The summed E-state index contributed by atoms with van der Waals surface area (Å²) in [4.78, 5) is 12.4. The molecule has 61 heavy (non-hydrogen) atoms. The second-order valence-corrected chi connectivity index (χ2v) is 20.1. The van der Waals surface area contributed by atoms with Crippen LogP contribution in [0.15, 0.2) is 0 Å². The largest absolute Gasteiger partial charge is 0.394 e. The van der Waals surface area contributed by atoms with Crippen molar-refractivity contribution in [2.24, 2.45) is 0 Å². The van der Waals surface area contributed by atoms with Gasteiger partial charge < -0.3 is 15.5 Å². The van der Waals surface area contributed by atoms with E-state index in [1.807, 2.05) is 0 Å². The van der Waals surface area contributed by atoms with Gasteiger partial charge in [0.1, 0.15) is 0 Å². The van der Waals surface area contributed by atoms with E-state index in [1.165, 1.54) is 289 Å². The van der Waals surface area contributed by atoms with Gasteiger partial charge >= 0.3 is 0 Å². The molecule has 0 bridgehead atoms. The van der Waals surface area contributed by atoms with Gasteiger partial charge in [-0.1, -0.05) is 322 Å². The monoisotopic (exact) mass is 862 g/mol. The predicted molar refractivity (Wildman–Crippen MR) is 272 cm³/mol. The van der Waals surface area contributed by atoms with E-state index >= 15 is 0 Å². The van der Waals surface area contributed by atoms with Crippen LogP contribution in [0.5, 0.6) is 0 Å². The quantitative estimate of drug-likeness (QED) is 0.0534. The van der Waals surface area contributed by atoms with E-state index in [1.54, 1.807) is 0 Å². The number of hydrogen-bond acceptors (Lipinski definition) is 3. The smallest absolute Gasteiger partial charge is 0.220 e. The van der Waals surface area contributed by atoms with Gasteiger partial charge in [0.2, 0.25) is 5.91 Å². The van der Waals surface area contributed by atoms with Gasteiger partial charge in [-0.15, -0.1) is 0 Å². The molecule has 0 aromatic heterocycles. The number of carbonyl (C=O) groups is 1. The van der Waals surface area contributed by atoms with Crippen molar-refractivity contribution in [3.05, 3.63) is 0 Å². The van der Waals surface area contributed by atoms with E-state index < -0.39 is 12.1 Å². The zero-order chi connectivity index (χ0) is 44.2. The van der Waals surface area contributed by atoms with Gasteiger partial charge in [-0.05, 0) is 12.8 Å². The number of rotatable bonds is 54. The molecule has 0 saturated heterocycles. The average Bonchev–Trinajstić information content (AvgIpc) is 3.26. The number of amides is 1. The fourth-order valence-electron chi connectivity index (χ4n) is 9.48. The van der Waals surface area contributed by atoms with Crippen molar-refractivity contribution < 1.29 is 15.0 Å². The molecule has 0 fully saturated rings. The fourth-order valence-corrected chi connectivity index (χ4v) is 9.48. The Bertz CT molecular complexity index is 803. The molecule has 0 radical (unpaired) electrons. The Labute approximate surface area is 384 Å². The van der Waals surface area contributed by atoms with Crippen LogP contribution in [0, 0.1) is 0 Å². The van der Waals surface area contributed by atoms with Crippen LogP contribution in [-0.4, -0.2) is 34.9 Å². The lowest BCUT2D eigenvalue weighted by Crippen LogP contribution is -2.45. The number of unbranched alkanes of at least 4 members (excludes halogenated alkanes) is 47. The van der Waals surface area contributed by atoms with E-state index in [0.29, 0.717) is 12.8 Å². The molecular weight excluding hydrogens is 747 g/mol. The molecule has 0 aromatic rings. The van der Waals surface area contributed by atoms with Crippen molar-refractivity contribution >= 4 is 5.91 Å². The number of carbonyl (C=O) groups excluding carboxylic acids is 1. The highest BCUT2D eigenvalue weighted by Crippen LogP contribution is 2.19. The molecule has 2 unspecified atom stereocenters. The lowest BCUT2D eigenvalue weighted by atomic mass is 10.0. The summed E-state index contributed by atoms with van der Waals surface area (Å²) in [5.74, 6) is -0.0270. The number of nitrogens with one attached hydrogen (secondary N) is 1. The first-order chi connectivity index (χ1) is 30.2. The van der Waals surface area contributed by atoms with Crippen LogP contribution in [0.2, 0.25) is 0 Å². The molecule has 0 aliphatic carbocycles. The third-order valence-corrected chi connectivity index (χ3v) is 13.9. The summed E-state index contributed by atoms with van der Waals surface area (Å²) >= 11 is 0. The highest BCUT2D eigenvalue weighted by Gasteiger charge is 2.20. The zero-order valence-electron chi connectivity index (χ0n) is 42.2. The molecule has 0 aromatic carbocycles. The Balaban J connectivity index is 3.25. The van der Waals surface area contributed by atoms with Crippen LogP contribution in [0.4, 0.5) is 0 Å². The van der Waals surface area contributed by atoms with Crippen LogP contribution >= 0.6 is 0 Å². The highest BCUT2D eigenvalue weighted by molar-refractivity contribution is 5.76. The van der Waals surface area contributed by atoms with Gasteiger partial charge in [0.15, 0.2) is 0 Å². The first-order valence-corrected chi connectivity index (χ1v) is 28.7. The molecule has 1 amide bonds. The summed E-state index contributed by atoms with van der Waals surface area (Å²) in [6.07, 6.45) is 68.6. The van der Waals surface area contributed by atoms with E-state index in [9.17, 15) is 15.0 Å². The van der Waals surface area contributed by atoms with Crippen molar-refractivity contribution in [3.8, 4) is 0 Å². The van der Waals surface area contributed by atoms with E-state index in [-0.39, 0.29) is 12.5 Å². The minimum atomic E-state index is -0.651. The normalized spacial score (nSPS) is 12.7. The summed E-state index contributed by atoms with van der Waals surface area (Å²) in [6, 6.07) is -0.528. The lowest BCUT2D eigenvalue weighted by molar-refractivity contribution is -0.123. The maximum absolute atomic E-state index is 12.4. The Morgan fingerprint density at radius 3 is 0.738 bits per heavy atom. The number of aliphatic hydroxyl groups is 2. The van der Waals surface area contributed by atoms with Crippen molar-refractivity contribution in [2.75, 3.05) is 6.61 Å². The Hall–Kier alpha value is -0.610. The summed E-state index contributed by atoms with van der Waals surface area (Å²) in [5.41, 5.74) is 0. The molecule has 3 N–H and O–H groups in total. The zero-order valence-corrected chi connectivity index (χ0v) is 42.2. The van der Waals surface area contributed by atoms with Crippen LogP contribution in [-0.2, 0) is 4.79 Å². The standard InChI is InChI=1S/C57H115NO3/c1-3-5-7-9-11-13-14-15-16-17-18-19-20-21-22-23-24-25-26-27-28-29-30-31-32-33-34-35-36-37-38-39-40-41-42-43-44-45-47-49-51-53-57(61)58-55(54-59)56(60)52-50-48-46-12-10-8-6-4-2/h55-56,59-60H,3-54H2,1-2H3,(H,58,61). The molecule has 4 nitrogen and oxygen atoms in total. The van der Waals surface area contributed by atoms with Gasteiger partial charge in [-0.25, -0.2) is 0 Å².